The maximum absolute atomic E-state index is 11.9. The Hall–Kier alpha value is -2.15. The molecule has 0 aliphatic heterocycles. The number of nitrogens with one attached hydrogen (secondary N) is 2. The standard InChI is InChI=1S/C15H14Cl2N4O2/c1-23-21-14(10-2-3-12(16)13(17)6-10)4-5-20-15(22)11-7-18-9-19-8-11/h2-4,6-9,21H,5H2,1H3,(H,20,22). The lowest BCUT2D eigenvalue weighted by Gasteiger charge is -2.10. The van der Waals surface area contributed by atoms with Crippen LogP contribution in [0.25, 0.3) is 5.70 Å². The third-order valence-electron chi connectivity index (χ3n) is 2.83. The van der Waals surface area contributed by atoms with E-state index >= 15 is 0 Å². The zero-order valence-corrected chi connectivity index (χ0v) is 13.7. The van der Waals surface area contributed by atoms with E-state index in [9.17, 15) is 4.79 Å². The Morgan fingerprint density at radius 2 is 1.96 bits per heavy atom. The van der Waals surface area contributed by atoms with Crippen LogP contribution >= 0.6 is 23.2 Å². The summed E-state index contributed by atoms with van der Waals surface area (Å²) < 4.78 is 0. The van der Waals surface area contributed by atoms with E-state index in [-0.39, 0.29) is 12.5 Å². The Bertz CT molecular complexity index is 708. The third-order valence-corrected chi connectivity index (χ3v) is 3.57. The zero-order chi connectivity index (χ0) is 16.7. The van der Waals surface area contributed by atoms with Gasteiger partial charge in [0.1, 0.15) is 6.33 Å². The van der Waals surface area contributed by atoms with Crippen LogP contribution in [0, 0.1) is 0 Å². The lowest BCUT2D eigenvalue weighted by atomic mass is 10.1. The molecule has 1 amide bonds. The number of amides is 1. The largest absolute Gasteiger partial charge is 0.348 e. The number of nitrogens with zero attached hydrogens (tertiary/aromatic N) is 2. The quantitative estimate of drug-likeness (QED) is 0.781. The van der Waals surface area contributed by atoms with Gasteiger partial charge >= 0.3 is 0 Å². The van der Waals surface area contributed by atoms with Crippen LogP contribution in [-0.4, -0.2) is 29.5 Å². The highest BCUT2D eigenvalue weighted by molar-refractivity contribution is 6.42. The Morgan fingerprint density at radius 1 is 1.22 bits per heavy atom. The van der Waals surface area contributed by atoms with Gasteiger partial charge in [0.15, 0.2) is 0 Å². The fourth-order valence-electron chi connectivity index (χ4n) is 1.76. The van der Waals surface area contributed by atoms with Gasteiger partial charge in [0, 0.05) is 24.5 Å². The van der Waals surface area contributed by atoms with Crippen molar-refractivity contribution in [3.8, 4) is 0 Å². The second kappa shape index (κ2) is 8.47. The van der Waals surface area contributed by atoms with Crippen LogP contribution < -0.4 is 10.8 Å². The van der Waals surface area contributed by atoms with Gasteiger partial charge in [-0.3, -0.25) is 15.1 Å². The first-order valence-corrected chi connectivity index (χ1v) is 7.35. The minimum atomic E-state index is -0.271. The monoisotopic (exact) mass is 352 g/mol. The number of carbonyl (C=O) groups is 1. The van der Waals surface area contributed by atoms with Crippen LogP contribution in [0.4, 0.5) is 0 Å². The SMILES string of the molecule is CONC(=CCNC(=O)c1cncnc1)c1ccc(Cl)c(Cl)c1. The highest BCUT2D eigenvalue weighted by Gasteiger charge is 2.07. The summed E-state index contributed by atoms with van der Waals surface area (Å²) in [5, 5.41) is 3.63. The van der Waals surface area contributed by atoms with Crippen molar-refractivity contribution in [1.82, 2.24) is 20.8 Å². The van der Waals surface area contributed by atoms with Gasteiger partial charge in [-0.15, -0.1) is 0 Å². The summed E-state index contributed by atoms with van der Waals surface area (Å²) in [6.07, 6.45) is 6.00. The molecule has 0 bridgehead atoms. The number of benzene rings is 1. The van der Waals surface area contributed by atoms with Crippen molar-refractivity contribution in [2.75, 3.05) is 13.7 Å². The molecule has 0 saturated carbocycles. The number of rotatable bonds is 6. The first-order valence-electron chi connectivity index (χ1n) is 6.59. The van der Waals surface area contributed by atoms with Gasteiger partial charge in [0.05, 0.1) is 28.4 Å². The molecule has 0 unspecified atom stereocenters. The number of hydrogen-bond donors (Lipinski definition) is 2. The highest BCUT2D eigenvalue weighted by Crippen LogP contribution is 2.25. The van der Waals surface area contributed by atoms with Crippen LogP contribution in [-0.2, 0) is 4.84 Å². The van der Waals surface area contributed by atoms with Crippen LogP contribution in [0.3, 0.4) is 0 Å². The molecule has 8 heteroatoms. The second-order valence-electron chi connectivity index (χ2n) is 4.39. The van der Waals surface area contributed by atoms with Crippen LogP contribution in [0.1, 0.15) is 15.9 Å². The first-order chi connectivity index (χ1) is 11.1. The molecule has 0 saturated heterocycles. The molecule has 0 atom stereocenters. The van der Waals surface area contributed by atoms with Crippen molar-refractivity contribution in [2.24, 2.45) is 0 Å². The van der Waals surface area contributed by atoms with E-state index in [1.807, 2.05) is 0 Å². The Balaban J connectivity index is 2.07. The molecular formula is C15H14Cl2N4O2. The van der Waals surface area contributed by atoms with Crippen LogP contribution in [0.2, 0.25) is 10.0 Å². The Labute approximate surface area is 143 Å². The minimum Gasteiger partial charge on any atom is -0.348 e. The second-order valence-corrected chi connectivity index (χ2v) is 5.20. The summed E-state index contributed by atoms with van der Waals surface area (Å²) in [5.41, 5.74) is 4.55. The predicted octanol–water partition coefficient (Wildman–Crippen LogP) is 2.71. The molecule has 0 aliphatic carbocycles. The van der Waals surface area contributed by atoms with E-state index < -0.39 is 0 Å². The van der Waals surface area contributed by atoms with Gasteiger partial charge in [-0.05, 0) is 18.2 Å². The molecule has 2 aromatic rings. The van der Waals surface area contributed by atoms with Crippen LogP contribution in [0.5, 0.6) is 0 Å². The van der Waals surface area contributed by atoms with Gasteiger partial charge in [-0.2, -0.15) is 0 Å². The molecule has 1 aromatic carbocycles. The normalized spacial score (nSPS) is 11.2. The van der Waals surface area contributed by atoms with Gasteiger partial charge in [0.2, 0.25) is 0 Å². The lowest BCUT2D eigenvalue weighted by molar-refractivity contribution is 0.0957. The van der Waals surface area contributed by atoms with E-state index in [1.165, 1.54) is 25.8 Å². The number of carbonyl (C=O) groups excluding carboxylic acids is 1. The van der Waals surface area contributed by atoms with E-state index in [2.05, 4.69) is 20.8 Å². The fraction of sp³-hybridized carbons (Fsp3) is 0.133. The van der Waals surface area contributed by atoms with Gasteiger partial charge in [0.25, 0.3) is 5.91 Å². The van der Waals surface area contributed by atoms with Crippen molar-refractivity contribution < 1.29 is 9.63 Å². The molecular weight excluding hydrogens is 339 g/mol. The predicted molar refractivity (Wildman–Crippen MR) is 88.9 cm³/mol. The number of hydrogen-bond acceptors (Lipinski definition) is 5. The molecule has 0 aliphatic rings. The molecule has 120 valence electrons. The van der Waals surface area contributed by atoms with Crippen molar-refractivity contribution in [3.63, 3.8) is 0 Å². The average Bonchev–Trinajstić information content (AvgIpc) is 2.57. The van der Waals surface area contributed by atoms with Gasteiger partial charge < -0.3 is 5.32 Å². The van der Waals surface area contributed by atoms with Gasteiger partial charge in [-0.1, -0.05) is 29.3 Å². The summed E-state index contributed by atoms with van der Waals surface area (Å²) in [7, 11) is 1.49. The maximum atomic E-state index is 11.9. The van der Waals surface area contributed by atoms with Crippen LogP contribution in [0.15, 0.2) is 43.0 Å². The number of halogens is 2. The molecule has 0 fully saturated rings. The topological polar surface area (TPSA) is 76.1 Å². The van der Waals surface area contributed by atoms with Crippen molar-refractivity contribution in [3.05, 3.63) is 64.2 Å². The summed E-state index contributed by atoms with van der Waals surface area (Å²) >= 11 is 11.9. The fourth-order valence-corrected chi connectivity index (χ4v) is 2.05. The minimum absolute atomic E-state index is 0.271. The van der Waals surface area contributed by atoms with Crippen molar-refractivity contribution >= 4 is 34.8 Å². The maximum Gasteiger partial charge on any atom is 0.254 e. The molecule has 0 radical (unpaired) electrons. The Morgan fingerprint density at radius 3 is 2.61 bits per heavy atom. The van der Waals surface area contributed by atoms with E-state index in [1.54, 1.807) is 24.3 Å². The molecule has 2 rings (SSSR count). The molecule has 6 nitrogen and oxygen atoms in total. The first kappa shape index (κ1) is 17.2. The number of aromatic nitrogens is 2. The molecule has 0 spiro atoms. The molecule has 1 heterocycles. The van der Waals surface area contributed by atoms with Gasteiger partial charge in [-0.25, -0.2) is 9.97 Å². The third kappa shape index (κ3) is 4.92. The summed E-state index contributed by atoms with van der Waals surface area (Å²) in [5.74, 6) is -0.271. The highest BCUT2D eigenvalue weighted by atomic mass is 35.5. The van der Waals surface area contributed by atoms with E-state index in [0.717, 1.165) is 5.56 Å². The molecule has 1 aromatic heterocycles. The number of hydroxylamine groups is 1. The zero-order valence-electron chi connectivity index (χ0n) is 12.2. The molecule has 2 N–H and O–H groups in total. The van der Waals surface area contributed by atoms with E-state index in [4.69, 9.17) is 28.0 Å². The molecule has 23 heavy (non-hydrogen) atoms. The van der Waals surface area contributed by atoms with Crippen molar-refractivity contribution in [2.45, 2.75) is 0 Å². The summed E-state index contributed by atoms with van der Waals surface area (Å²) in [4.78, 5) is 24.4. The Kier molecular flexibility index (Phi) is 6.34. The smallest absolute Gasteiger partial charge is 0.254 e. The lowest BCUT2D eigenvalue weighted by Crippen LogP contribution is -2.24. The average molecular weight is 353 g/mol. The summed E-state index contributed by atoms with van der Waals surface area (Å²) in [6.45, 7) is 0.277. The van der Waals surface area contributed by atoms with E-state index in [0.29, 0.717) is 21.3 Å². The van der Waals surface area contributed by atoms with Crippen molar-refractivity contribution in [1.29, 1.82) is 0 Å². The summed E-state index contributed by atoms with van der Waals surface area (Å²) in [6, 6.07) is 5.18.